The minimum absolute atomic E-state index is 0.0341. The lowest BCUT2D eigenvalue weighted by Crippen LogP contribution is -2.33. The van der Waals surface area contributed by atoms with Crippen molar-refractivity contribution >= 4 is 17.0 Å². The van der Waals surface area contributed by atoms with E-state index in [0.29, 0.717) is 29.7 Å². The lowest BCUT2D eigenvalue weighted by Gasteiger charge is -2.22. The molecule has 1 atom stereocenters. The summed E-state index contributed by atoms with van der Waals surface area (Å²) in [5.41, 5.74) is 2.95. The van der Waals surface area contributed by atoms with Gasteiger partial charge in [-0.25, -0.2) is 4.98 Å². The first-order valence-electron chi connectivity index (χ1n) is 9.92. The predicted octanol–water partition coefficient (Wildman–Crippen LogP) is 3.34. The zero-order valence-electron chi connectivity index (χ0n) is 15.7. The summed E-state index contributed by atoms with van der Waals surface area (Å²) in [5, 5.41) is 11.5. The molecule has 1 amide bonds. The zero-order chi connectivity index (χ0) is 18.1. The van der Waals surface area contributed by atoms with Crippen molar-refractivity contribution in [3.63, 3.8) is 0 Å². The highest BCUT2D eigenvalue weighted by Gasteiger charge is 2.29. The number of aromatic nitrogens is 2. The number of carbonyl (C=O) groups is 1. The molecule has 2 aromatic heterocycles. The average molecular weight is 356 g/mol. The second-order valence-electron chi connectivity index (χ2n) is 8.03. The molecule has 2 aliphatic rings. The van der Waals surface area contributed by atoms with Gasteiger partial charge in [0.05, 0.1) is 16.6 Å². The molecule has 26 heavy (non-hydrogen) atoms. The van der Waals surface area contributed by atoms with Gasteiger partial charge < -0.3 is 15.2 Å². The summed E-state index contributed by atoms with van der Waals surface area (Å²) in [7, 11) is 0. The van der Waals surface area contributed by atoms with Crippen LogP contribution in [-0.2, 0) is 0 Å². The van der Waals surface area contributed by atoms with Gasteiger partial charge in [0.25, 0.3) is 11.6 Å². The van der Waals surface area contributed by atoms with E-state index in [0.717, 1.165) is 49.1 Å². The van der Waals surface area contributed by atoms with Crippen LogP contribution >= 0.6 is 0 Å². The lowest BCUT2D eigenvalue weighted by molar-refractivity contribution is 0.0952. The molecule has 2 N–H and O–H groups in total. The van der Waals surface area contributed by atoms with Gasteiger partial charge >= 0.3 is 0 Å². The summed E-state index contributed by atoms with van der Waals surface area (Å²) in [6.45, 7) is 7.00. The van der Waals surface area contributed by atoms with Crippen LogP contribution in [0.25, 0.3) is 11.1 Å². The van der Waals surface area contributed by atoms with E-state index in [4.69, 9.17) is 4.52 Å². The molecule has 140 valence electrons. The minimum Gasteiger partial charge on any atom is -0.352 e. The Morgan fingerprint density at radius 1 is 1.38 bits per heavy atom. The standard InChI is InChI=1S/C20H28N4O2/c1-12(2)18-17-15(10-16(14-5-6-14)23-20(17)26-24-18)19(25)22-9-7-13-4-3-8-21-11-13/h10,12-14,21H,3-9,11H2,1-2H3,(H,22,25). The molecule has 0 bridgehead atoms. The fourth-order valence-corrected chi connectivity index (χ4v) is 3.81. The van der Waals surface area contributed by atoms with Crippen LogP contribution in [0.4, 0.5) is 0 Å². The van der Waals surface area contributed by atoms with E-state index >= 15 is 0 Å². The smallest absolute Gasteiger partial charge is 0.259 e. The quantitative estimate of drug-likeness (QED) is 0.830. The highest BCUT2D eigenvalue weighted by Crippen LogP contribution is 2.41. The molecule has 1 saturated carbocycles. The Balaban J connectivity index is 1.54. The number of pyridine rings is 1. The van der Waals surface area contributed by atoms with Gasteiger partial charge in [-0.05, 0) is 63.1 Å². The van der Waals surface area contributed by atoms with Crippen LogP contribution < -0.4 is 10.6 Å². The monoisotopic (exact) mass is 356 g/mol. The number of fused-ring (bicyclic) bond motifs is 1. The molecule has 2 aromatic rings. The van der Waals surface area contributed by atoms with Crippen molar-refractivity contribution in [2.45, 2.75) is 57.8 Å². The van der Waals surface area contributed by atoms with Crippen molar-refractivity contribution in [1.82, 2.24) is 20.8 Å². The third-order valence-corrected chi connectivity index (χ3v) is 5.52. The Morgan fingerprint density at radius 2 is 2.23 bits per heavy atom. The van der Waals surface area contributed by atoms with E-state index in [9.17, 15) is 4.79 Å². The van der Waals surface area contributed by atoms with Crippen molar-refractivity contribution in [3.8, 4) is 0 Å². The number of hydrogen-bond donors (Lipinski definition) is 2. The molecular formula is C20H28N4O2. The molecule has 6 heteroatoms. The summed E-state index contributed by atoms with van der Waals surface area (Å²) in [4.78, 5) is 17.6. The van der Waals surface area contributed by atoms with Crippen LogP contribution in [0.1, 0.15) is 79.5 Å². The molecule has 1 unspecified atom stereocenters. The van der Waals surface area contributed by atoms with Gasteiger partial charge in [-0.15, -0.1) is 0 Å². The fourth-order valence-electron chi connectivity index (χ4n) is 3.81. The Hall–Kier alpha value is -1.95. The number of nitrogens with zero attached hydrogens (tertiary/aromatic N) is 2. The topological polar surface area (TPSA) is 80.0 Å². The SMILES string of the molecule is CC(C)c1noc2nc(C3CC3)cc(C(=O)NCCC3CCCNC3)c12. The van der Waals surface area contributed by atoms with E-state index < -0.39 is 0 Å². The first-order valence-corrected chi connectivity index (χ1v) is 9.92. The molecular weight excluding hydrogens is 328 g/mol. The van der Waals surface area contributed by atoms with Gasteiger partial charge in [0.2, 0.25) is 0 Å². The van der Waals surface area contributed by atoms with Gasteiger partial charge in [-0.3, -0.25) is 4.79 Å². The molecule has 0 aromatic carbocycles. The van der Waals surface area contributed by atoms with Crippen molar-refractivity contribution in [2.75, 3.05) is 19.6 Å². The maximum Gasteiger partial charge on any atom is 0.259 e. The van der Waals surface area contributed by atoms with Gasteiger partial charge in [-0.1, -0.05) is 19.0 Å². The summed E-state index contributed by atoms with van der Waals surface area (Å²) >= 11 is 0. The minimum atomic E-state index is -0.0341. The molecule has 1 aliphatic heterocycles. The Labute approximate surface area is 154 Å². The highest BCUT2D eigenvalue weighted by atomic mass is 16.5. The Kier molecular flexibility index (Phi) is 4.94. The maximum atomic E-state index is 12.9. The first-order chi connectivity index (χ1) is 12.6. The third kappa shape index (κ3) is 3.61. The molecule has 3 heterocycles. The van der Waals surface area contributed by atoms with Crippen LogP contribution in [0.2, 0.25) is 0 Å². The van der Waals surface area contributed by atoms with Gasteiger partial charge in [-0.2, -0.15) is 0 Å². The molecule has 0 radical (unpaired) electrons. The summed E-state index contributed by atoms with van der Waals surface area (Å²) in [5.74, 6) is 1.27. The van der Waals surface area contributed by atoms with Gasteiger partial charge in [0.15, 0.2) is 0 Å². The maximum absolute atomic E-state index is 12.9. The predicted molar refractivity (Wildman–Crippen MR) is 100 cm³/mol. The molecule has 6 nitrogen and oxygen atoms in total. The van der Waals surface area contributed by atoms with E-state index in [1.54, 1.807) is 0 Å². The molecule has 4 rings (SSSR count). The Morgan fingerprint density at radius 3 is 2.92 bits per heavy atom. The van der Waals surface area contributed by atoms with Crippen LogP contribution in [0.5, 0.6) is 0 Å². The molecule has 0 spiro atoms. The normalized spacial score (nSPS) is 20.7. The number of carbonyl (C=O) groups excluding carboxylic acids is 1. The zero-order valence-corrected chi connectivity index (χ0v) is 15.7. The van der Waals surface area contributed by atoms with Crippen LogP contribution in [-0.4, -0.2) is 35.7 Å². The first kappa shape index (κ1) is 17.5. The van der Waals surface area contributed by atoms with Crippen LogP contribution in [0.15, 0.2) is 10.6 Å². The number of hydrogen-bond acceptors (Lipinski definition) is 5. The summed E-state index contributed by atoms with van der Waals surface area (Å²) in [6.07, 6.45) is 5.77. The van der Waals surface area contributed by atoms with E-state index in [-0.39, 0.29) is 11.8 Å². The number of rotatable bonds is 6. The lowest BCUT2D eigenvalue weighted by atomic mass is 9.96. The van der Waals surface area contributed by atoms with Gasteiger partial charge in [0, 0.05) is 18.2 Å². The summed E-state index contributed by atoms with van der Waals surface area (Å²) in [6, 6.07) is 1.96. The summed E-state index contributed by atoms with van der Waals surface area (Å²) < 4.78 is 5.47. The number of piperidine rings is 1. The van der Waals surface area contributed by atoms with E-state index in [2.05, 4.69) is 34.6 Å². The second kappa shape index (κ2) is 7.35. The van der Waals surface area contributed by atoms with Crippen LogP contribution in [0.3, 0.4) is 0 Å². The highest BCUT2D eigenvalue weighted by molar-refractivity contribution is 6.06. The Bertz CT molecular complexity index is 788. The number of nitrogens with one attached hydrogen (secondary N) is 2. The van der Waals surface area contributed by atoms with Crippen LogP contribution in [0, 0.1) is 5.92 Å². The van der Waals surface area contributed by atoms with E-state index in [1.165, 1.54) is 12.8 Å². The number of amides is 1. The molecule has 2 fully saturated rings. The van der Waals surface area contributed by atoms with Crippen molar-refractivity contribution < 1.29 is 9.32 Å². The molecule has 1 saturated heterocycles. The fraction of sp³-hybridized carbons (Fsp3) is 0.650. The molecule has 1 aliphatic carbocycles. The second-order valence-corrected chi connectivity index (χ2v) is 8.03. The average Bonchev–Trinajstić information content (AvgIpc) is 3.40. The van der Waals surface area contributed by atoms with E-state index in [1.807, 2.05) is 6.07 Å². The van der Waals surface area contributed by atoms with Crippen molar-refractivity contribution in [1.29, 1.82) is 0 Å². The van der Waals surface area contributed by atoms with Gasteiger partial charge in [0.1, 0.15) is 0 Å². The third-order valence-electron chi connectivity index (χ3n) is 5.52. The largest absolute Gasteiger partial charge is 0.352 e. The van der Waals surface area contributed by atoms with Crippen molar-refractivity contribution in [3.05, 3.63) is 23.0 Å². The van der Waals surface area contributed by atoms with Crippen molar-refractivity contribution in [2.24, 2.45) is 5.92 Å².